The lowest BCUT2D eigenvalue weighted by Gasteiger charge is -2.05. The molecule has 0 aliphatic heterocycles. The Morgan fingerprint density at radius 2 is 1.95 bits per heavy atom. The summed E-state index contributed by atoms with van der Waals surface area (Å²) >= 11 is 0. The molecule has 106 valence electrons. The van der Waals surface area contributed by atoms with Crippen molar-refractivity contribution >= 4 is 28.6 Å². The lowest BCUT2D eigenvalue weighted by Crippen LogP contribution is -2.12. The Bertz CT molecular complexity index is 597. The van der Waals surface area contributed by atoms with Crippen LogP contribution < -0.4 is 11.1 Å². The lowest BCUT2D eigenvalue weighted by molar-refractivity contribution is -0.116. The predicted octanol–water partition coefficient (Wildman–Crippen LogP) is 3.12. The molecular formula is C15H20N4O. The van der Waals surface area contributed by atoms with E-state index in [4.69, 9.17) is 5.73 Å². The van der Waals surface area contributed by atoms with Crippen LogP contribution in [0.15, 0.2) is 24.3 Å². The van der Waals surface area contributed by atoms with Crippen molar-refractivity contribution in [2.45, 2.75) is 39.0 Å². The molecule has 0 aliphatic carbocycles. The molecule has 0 fully saturated rings. The largest absolute Gasteiger partial charge is 0.384 e. The summed E-state index contributed by atoms with van der Waals surface area (Å²) in [5, 5.41) is 3.70. The predicted molar refractivity (Wildman–Crippen MR) is 81.3 cm³/mol. The molecule has 5 heteroatoms. The van der Waals surface area contributed by atoms with E-state index < -0.39 is 0 Å². The number of carbonyl (C=O) groups excluding carboxylic acids is 1. The zero-order chi connectivity index (χ0) is 14.4. The highest BCUT2D eigenvalue weighted by Gasteiger charge is 2.05. The maximum atomic E-state index is 11.8. The minimum Gasteiger partial charge on any atom is -0.384 e. The Labute approximate surface area is 118 Å². The number of nitrogens with two attached hydrogens (primary N) is 1. The molecule has 5 nitrogen and oxygen atoms in total. The standard InChI is InChI=1S/C15H20N4O/c1-2-3-4-5-6-14(20)18-13-10-8-11-7-9-12(16)17-15(11)19-13/h7-10H,2-6H2,1H3,(H3,16,17,18,19,20). The third-order valence-electron chi connectivity index (χ3n) is 3.10. The van der Waals surface area contributed by atoms with Crippen molar-refractivity contribution in [3.63, 3.8) is 0 Å². The average molecular weight is 272 g/mol. The van der Waals surface area contributed by atoms with Gasteiger partial charge in [0.2, 0.25) is 5.91 Å². The quantitative estimate of drug-likeness (QED) is 0.792. The summed E-state index contributed by atoms with van der Waals surface area (Å²) in [5.74, 6) is 0.945. The summed E-state index contributed by atoms with van der Waals surface area (Å²) in [7, 11) is 0. The van der Waals surface area contributed by atoms with E-state index in [-0.39, 0.29) is 5.91 Å². The Morgan fingerprint density at radius 1 is 1.15 bits per heavy atom. The molecule has 0 aliphatic rings. The number of pyridine rings is 2. The van der Waals surface area contributed by atoms with Gasteiger partial charge in [0, 0.05) is 11.8 Å². The highest BCUT2D eigenvalue weighted by Crippen LogP contribution is 2.15. The Hall–Kier alpha value is -2.17. The van der Waals surface area contributed by atoms with Crippen LogP contribution in [0.1, 0.15) is 39.0 Å². The monoisotopic (exact) mass is 272 g/mol. The van der Waals surface area contributed by atoms with E-state index in [9.17, 15) is 4.79 Å². The van der Waals surface area contributed by atoms with Crippen LogP contribution in [0.4, 0.5) is 11.6 Å². The SMILES string of the molecule is CCCCCCC(=O)Nc1ccc2ccc(N)nc2n1. The topological polar surface area (TPSA) is 80.9 Å². The second-order valence-corrected chi connectivity index (χ2v) is 4.84. The third kappa shape index (κ3) is 3.91. The van der Waals surface area contributed by atoms with Crippen LogP contribution in [0, 0.1) is 0 Å². The average Bonchev–Trinajstić information content (AvgIpc) is 2.43. The van der Waals surface area contributed by atoms with Gasteiger partial charge in [-0.1, -0.05) is 26.2 Å². The number of hydrogen-bond acceptors (Lipinski definition) is 4. The molecule has 1 amide bonds. The summed E-state index contributed by atoms with van der Waals surface area (Å²) in [5.41, 5.74) is 6.18. The van der Waals surface area contributed by atoms with E-state index >= 15 is 0 Å². The number of nitrogens with one attached hydrogen (secondary N) is 1. The Morgan fingerprint density at radius 3 is 2.75 bits per heavy atom. The molecule has 0 saturated carbocycles. The van der Waals surface area contributed by atoms with Gasteiger partial charge < -0.3 is 11.1 Å². The van der Waals surface area contributed by atoms with Crippen molar-refractivity contribution < 1.29 is 4.79 Å². The van der Waals surface area contributed by atoms with Gasteiger partial charge in [0.1, 0.15) is 11.6 Å². The molecule has 2 aromatic heterocycles. The van der Waals surface area contributed by atoms with Crippen LogP contribution in [0.5, 0.6) is 0 Å². The van der Waals surface area contributed by atoms with Crippen LogP contribution in [0.3, 0.4) is 0 Å². The molecule has 0 atom stereocenters. The van der Waals surface area contributed by atoms with Crippen molar-refractivity contribution in [3.8, 4) is 0 Å². The number of aromatic nitrogens is 2. The van der Waals surface area contributed by atoms with Crippen LogP contribution >= 0.6 is 0 Å². The van der Waals surface area contributed by atoms with Gasteiger partial charge in [-0.25, -0.2) is 9.97 Å². The van der Waals surface area contributed by atoms with Crippen molar-refractivity contribution in [2.75, 3.05) is 11.1 Å². The number of unbranched alkanes of at least 4 members (excludes halogenated alkanes) is 3. The van der Waals surface area contributed by atoms with Gasteiger partial charge in [0.05, 0.1) is 0 Å². The van der Waals surface area contributed by atoms with Gasteiger partial charge in [-0.2, -0.15) is 0 Å². The van der Waals surface area contributed by atoms with E-state index in [1.165, 1.54) is 12.8 Å². The number of anilines is 2. The lowest BCUT2D eigenvalue weighted by atomic mass is 10.1. The van der Waals surface area contributed by atoms with E-state index in [1.54, 1.807) is 12.1 Å². The summed E-state index contributed by atoms with van der Waals surface area (Å²) in [6.45, 7) is 2.15. The minimum atomic E-state index is -0.00291. The van der Waals surface area contributed by atoms with Gasteiger partial charge in [0.15, 0.2) is 5.65 Å². The summed E-state index contributed by atoms with van der Waals surface area (Å²) < 4.78 is 0. The van der Waals surface area contributed by atoms with Crippen molar-refractivity contribution in [2.24, 2.45) is 0 Å². The van der Waals surface area contributed by atoms with Crippen LogP contribution in [0.2, 0.25) is 0 Å². The summed E-state index contributed by atoms with van der Waals surface area (Å²) in [4.78, 5) is 20.2. The fraction of sp³-hybridized carbons (Fsp3) is 0.400. The number of amides is 1. The maximum Gasteiger partial charge on any atom is 0.225 e. The maximum absolute atomic E-state index is 11.8. The summed E-state index contributed by atoms with van der Waals surface area (Å²) in [6.07, 6.45) is 4.88. The Kier molecular flexibility index (Phi) is 4.87. The second kappa shape index (κ2) is 6.84. The fourth-order valence-electron chi connectivity index (χ4n) is 2.00. The number of hydrogen-bond donors (Lipinski definition) is 2. The highest BCUT2D eigenvalue weighted by atomic mass is 16.1. The van der Waals surface area contributed by atoms with Gasteiger partial charge in [-0.15, -0.1) is 0 Å². The number of carbonyl (C=O) groups is 1. The molecule has 2 aromatic rings. The van der Waals surface area contributed by atoms with Gasteiger partial charge >= 0.3 is 0 Å². The van der Waals surface area contributed by atoms with E-state index in [2.05, 4.69) is 22.2 Å². The molecule has 2 rings (SSSR count). The number of rotatable bonds is 6. The van der Waals surface area contributed by atoms with Crippen LogP contribution in [0.25, 0.3) is 11.0 Å². The molecule has 3 N–H and O–H groups in total. The summed E-state index contributed by atoms with van der Waals surface area (Å²) in [6, 6.07) is 7.25. The fourth-order valence-corrected chi connectivity index (χ4v) is 2.00. The van der Waals surface area contributed by atoms with E-state index in [0.717, 1.165) is 18.2 Å². The van der Waals surface area contributed by atoms with Gasteiger partial charge in [-0.3, -0.25) is 4.79 Å². The number of nitrogen functional groups attached to an aromatic ring is 1. The van der Waals surface area contributed by atoms with Crippen LogP contribution in [-0.2, 0) is 4.79 Å². The highest BCUT2D eigenvalue weighted by molar-refractivity contribution is 5.91. The molecule has 20 heavy (non-hydrogen) atoms. The second-order valence-electron chi connectivity index (χ2n) is 4.84. The Balaban J connectivity index is 1.97. The third-order valence-corrected chi connectivity index (χ3v) is 3.10. The van der Waals surface area contributed by atoms with E-state index in [0.29, 0.717) is 23.7 Å². The zero-order valence-electron chi connectivity index (χ0n) is 11.7. The molecule has 0 bridgehead atoms. The molecule has 0 aromatic carbocycles. The molecule has 0 radical (unpaired) electrons. The zero-order valence-corrected chi connectivity index (χ0v) is 11.7. The number of fused-ring (bicyclic) bond motifs is 1. The first-order valence-electron chi connectivity index (χ1n) is 7.02. The van der Waals surface area contributed by atoms with Crippen LogP contribution in [-0.4, -0.2) is 15.9 Å². The molecule has 0 unspecified atom stereocenters. The molecule has 0 spiro atoms. The molecule has 2 heterocycles. The molecular weight excluding hydrogens is 252 g/mol. The van der Waals surface area contributed by atoms with E-state index in [1.807, 2.05) is 12.1 Å². The van der Waals surface area contributed by atoms with Crippen molar-refractivity contribution in [1.82, 2.24) is 9.97 Å². The minimum absolute atomic E-state index is 0.00291. The molecule has 0 saturated heterocycles. The van der Waals surface area contributed by atoms with Crippen molar-refractivity contribution in [3.05, 3.63) is 24.3 Å². The normalized spacial score (nSPS) is 10.7. The van der Waals surface area contributed by atoms with Gasteiger partial charge in [0.25, 0.3) is 0 Å². The first-order chi connectivity index (χ1) is 9.69. The first kappa shape index (κ1) is 14.2. The van der Waals surface area contributed by atoms with Gasteiger partial charge in [-0.05, 0) is 30.7 Å². The van der Waals surface area contributed by atoms with Crippen molar-refractivity contribution in [1.29, 1.82) is 0 Å². The number of nitrogens with zero attached hydrogens (tertiary/aromatic N) is 2. The smallest absolute Gasteiger partial charge is 0.225 e. The first-order valence-corrected chi connectivity index (χ1v) is 7.02.